The zero-order valence-corrected chi connectivity index (χ0v) is 17.3. The number of halogens is 2. The zero-order chi connectivity index (χ0) is 20.4. The topological polar surface area (TPSA) is 64.7 Å². The lowest BCUT2D eigenvalue weighted by Gasteiger charge is -2.43. The first kappa shape index (κ1) is 19.9. The second kappa shape index (κ2) is 8.13. The summed E-state index contributed by atoms with van der Waals surface area (Å²) in [5, 5.41) is 6.96. The van der Waals surface area contributed by atoms with Crippen molar-refractivity contribution in [2.24, 2.45) is 0 Å². The number of hydrogen-bond donors (Lipinski definition) is 2. The van der Waals surface area contributed by atoms with Crippen molar-refractivity contribution >= 4 is 40.8 Å². The van der Waals surface area contributed by atoms with E-state index in [0.717, 1.165) is 11.3 Å². The van der Waals surface area contributed by atoms with Crippen LogP contribution >= 0.6 is 23.2 Å². The summed E-state index contributed by atoms with van der Waals surface area (Å²) in [5.74, 6) is 0.0364. The van der Waals surface area contributed by atoms with E-state index in [2.05, 4.69) is 15.5 Å². The number of carbonyl (C=O) groups is 2. The van der Waals surface area contributed by atoms with Gasteiger partial charge in [-0.2, -0.15) is 0 Å². The fourth-order valence-electron chi connectivity index (χ4n) is 4.06. The third-order valence-electron chi connectivity index (χ3n) is 5.73. The van der Waals surface area contributed by atoms with Crippen molar-refractivity contribution in [2.75, 3.05) is 24.7 Å². The number of piperidine rings is 1. The lowest BCUT2D eigenvalue weighted by molar-refractivity contribution is -0.124. The molecular weight excluding hydrogens is 411 g/mol. The fraction of sp³-hybridized carbons (Fsp3) is 0.333. The molecule has 152 valence electrons. The van der Waals surface area contributed by atoms with Gasteiger partial charge in [-0.1, -0.05) is 47.5 Å². The van der Waals surface area contributed by atoms with Crippen molar-refractivity contribution in [3.8, 4) is 0 Å². The molecule has 0 atom stereocenters. The average Bonchev–Trinajstić information content (AvgIpc) is 3.04. The molecule has 2 saturated heterocycles. The van der Waals surface area contributed by atoms with Gasteiger partial charge in [0.2, 0.25) is 5.91 Å². The van der Waals surface area contributed by atoms with E-state index in [-0.39, 0.29) is 11.9 Å². The Hall–Kier alpha value is -2.44. The monoisotopic (exact) mass is 432 g/mol. The average molecular weight is 433 g/mol. The van der Waals surface area contributed by atoms with Crippen LogP contribution < -0.4 is 15.5 Å². The van der Waals surface area contributed by atoms with E-state index in [1.54, 1.807) is 23.1 Å². The van der Waals surface area contributed by atoms with Gasteiger partial charge in [-0.25, -0.2) is 4.79 Å². The van der Waals surface area contributed by atoms with Crippen LogP contribution in [0.3, 0.4) is 0 Å². The molecule has 29 heavy (non-hydrogen) atoms. The number of carbonyl (C=O) groups excluding carboxylic acids is 2. The minimum Gasteiger partial charge on any atom is -0.339 e. The van der Waals surface area contributed by atoms with Gasteiger partial charge in [0, 0.05) is 35.4 Å². The number of amides is 3. The normalized spacial score (nSPS) is 18.1. The van der Waals surface area contributed by atoms with E-state index in [1.165, 1.54) is 0 Å². The molecule has 4 rings (SSSR count). The molecule has 2 heterocycles. The summed E-state index contributed by atoms with van der Waals surface area (Å²) >= 11 is 12.1. The zero-order valence-electron chi connectivity index (χ0n) is 15.8. The van der Waals surface area contributed by atoms with Crippen LogP contribution in [0.2, 0.25) is 10.0 Å². The highest BCUT2D eigenvalue weighted by Gasteiger charge is 2.50. The third-order valence-corrected chi connectivity index (χ3v) is 6.31. The standard InChI is InChI=1S/C21H22Cl2N4O2/c22-16-7-6-15(18(23)12-16)13-24-20(29)26-10-8-21(9-11-26)19(28)25-14-27(21)17-4-2-1-3-5-17/h1-7,12H,8-11,13-14H2,(H,24,29)(H,25,28). The molecule has 2 N–H and O–H groups in total. The van der Waals surface area contributed by atoms with Gasteiger partial charge in [-0.05, 0) is 42.7 Å². The lowest BCUT2D eigenvalue weighted by Crippen LogP contribution is -2.58. The minimum atomic E-state index is -0.600. The number of para-hydroxylation sites is 1. The Morgan fingerprint density at radius 2 is 1.83 bits per heavy atom. The molecule has 0 radical (unpaired) electrons. The molecule has 0 unspecified atom stereocenters. The number of urea groups is 1. The molecule has 2 aromatic carbocycles. The molecule has 0 aliphatic carbocycles. The number of rotatable bonds is 3. The molecular formula is C21H22Cl2N4O2. The highest BCUT2D eigenvalue weighted by molar-refractivity contribution is 6.35. The molecule has 2 aromatic rings. The molecule has 2 aliphatic rings. The Morgan fingerprint density at radius 3 is 2.52 bits per heavy atom. The van der Waals surface area contributed by atoms with Crippen LogP contribution in [0, 0.1) is 0 Å². The largest absolute Gasteiger partial charge is 0.339 e. The maximum Gasteiger partial charge on any atom is 0.317 e. The molecule has 0 bridgehead atoms. The SMILES string of the molecule is O=C(NCc1ccc(Cl)cc1Cl)N1CCC2(CC1)C(=O)NCN2c1ccccc1. The predicted molar refractivity (Wildman–Crippen MR) is 114 cm³/mol. The third kappa shape index (κ3) is 3.87. The van der Waals surface area contributed by atoms with E-state index in [1.807, 2.05) is 30.3 Å². The summed E-state index contributed by atoms with van der Waals surface area (Å²) in [6.45, 7) is 1.84. The van der Waals surface area contributed by atoms with Crippen molar-refractivity contribution in [1.82, 2.24) is 15.5 Å². The van der Waals surface area contributed by atoms with Crippen LogP contribution in [0.15, 0.2) is 48.5 Å². The summed E-state index contributed by atoms with van der Waals surface area (Å²) in [6, 6.07) is 15.0. The van der Waals surface area contributed by atoms with Crippen LogP contribution in [0.25, 0.3) is 0 Å². The van der Waals surface area contributed by atoms with Gasteiger partial charge in [-0.3, -0.25) is 4.79 Å². The van der Waals surface area contributed by atoms with Crippen molar-refractivity contribution in [3.05, 3.63) is 64.1 Å². The highest BCUT2D eigenvalue weighted by atomic mass is 35.5. The van der Waals surface area contributed by atoms with Gasteiger partial charge in [0.1, 0.15) is 5.54 Å². The first-order valence-corrected chi connectivity index (χ1v) is 10.3. The van der Waals surface area contributed by atoms with Crippen LogP contribution in [-0.4, -0.2) is 42.1 Å². The maximum atomic E-state index is 12.7. The Balaban J connectivity index is 1.39. The van der Waals surface area contributed by atoms with Crippen LogP contribution in [-0.2, 0) is 11.3 Å². The molecule has 3 amide bonds. The molecule has 2 aliphatic heterocycles. The Labute approximate surface area is 179 Å². The van der Waals surface area contributed by atoms with Gasteiger partial charge in [0.05, 0.1) is 6.67 Å². The van der Waals surface area contributed by atoms with Crippen LogP contribution in [0.1, 0.15) is 18.4 Å². The number of likely N-dealkylation sites (tertiary alicyclic amines) is 1. The van der Waals surface area contributed by atoms with Crippen molar-refractivity contribution < 1.29 is 9.59 Å². The predicted octanol–water partition coefficient (Wildman–Crippen LogP) is 3.63. The summed E-state index contributed by atoms with van der Waals surface area (Å²) in [7, 11) is 0. The van der Waals surface area contributed by atoms with Crippen LogP contribution in [0.4, 0.5) is 10.5 Å². The Morgan fingerprint density at radius 1 is 1.10 bits per heavy atom. The van der Waals surface area contributed by atoms with Gasteiger partial charge in [-0.15, -0.1) is 0 Å². The summed E-state index contributed by atoms with van der Waals surface area (Å²) < 4.78 is 0. The summed E-state index contributed by atoms with van der Waals surface area (Å²) in [6.07, 6.45) is 1.17. The van der Waals surface area contributed by atoms with E-state index >= 15 is 0 Å². The lowest BCUT2D eigenvalue weighted by atomic mass is 9.85. The van der Waals surface area contributed by atoms with Gasteiger partial charge in [0.25, 0.3) is 0 Å². The van der Waals surface area contributed by atoms with Crippen molar-refractivity contribution in [2.45, 2.75) is 24.9 Å². The van der Waals surface area contributed by atoms with Gasteiger partial charge >= 0.3 is 6.03 Å². The number of benzene rings is 2. The maximum absolute atomic E-state index is 12.7. The van der Waals surface area contributed by atoms with E-state index in [4.69, 9.17) is 23.2 Å². The molecule has 2 fully saturated rings. The number of nitrogens with zero attached hydrogens (tertiary/aromatic N) is 2. The van der Waals surface area contributed by atoms with Crippen molar-refractivity contribution in [1.29, 1.82) is 0 Å². The van der Waals surface area contributed by atoms with E-state index in [9.17, 15) is 9.59 Å². The molecule has 0 saturated carbocycles. The fourth-order valence-corrected chi connectivity index (χ4v) is 4.54. The first-order valence-electron chi connectivity index (χ1n) is 9.57. The smallest absolute Gasteiger partial charge is 0.317 e. The Bertz CT molecular complexity index is 914. The highest BCUT2D eigenvalue weighted by Crippen LogP contribution is 2.36. The summed E-state index contributed by atoms with van der Waals surface area (Å²) in [4.78, 5) is 29.2. The van der Waals surface area contributed by atoms with Gasteiger partial charge in [0.15, 0.2) is 0 Å². The summed E-state index contributed by atoms with van der Waals surface area (Å²) in [5.41, 5.74) is 1.22. The number of nitrogens with one attached hydrogen (secondary N) is 2. The number of hydrogen-bond acceptors (Lipinski definition) is 3. The van der Waals surface area contributed by atoms with E-state index < -0.39 is 5.54 Å². The minimum absolute atomic E-state index is 0.0364. The van der Waals surface area contributed by atoms with Gasteiger partial charge < -0.3 is 20.4 Å². The Kier molecular flexibility index (Phi) is 5.56. The first-order chi connectivity index (χ1) is 14.0. The van der Waals surface area contributed by atoms with Crippen LogP contribution in [0.5, 0.6) is 0 Å². The molecule has 8 heteroatoms. The molecule has 0 aromatic heterocycles. The molecule has 1 spiro atoms. The second-order valence-corrected chi connectivity index (χ2v) is 8.18. The van der Waals surface area contributed by atoms with E-state index in [0.29, 0.717) is 49.2 Å². The number of anilines is 1. The van der Waals surface area contributed by atoms with Crippen molar-refractivity contribution in [3.63, 3.8) is 0 Å². The quantitative estimate of drug-likeness (QED) is 0.777. The molecule has 6 nitrogen and oxygen atoms in total. The second-order valence-electron chi connectivity index (χ2n) is 7.34.